The predicted octanol–water partition coefficient (Wildman–Crippen LogP) is 3.03. The summed E-state index contributed by atoms with van der Waals surface area (Å²) in [7, 11) is 0. The first-order chi connectivity index (χ1) is 4.36. The van der Waals surface area contributed by atoms with E-state index in [4.69, 9.17) is 0 Å². The summed E-state index contributed by atoms with van der Waals surface area (Å²) in [5.74, 6) is -0.0241. The lowest BCUT2D eigenvalue weighted by Gasteiger charge is -2.20. The minimum Gasteiger partial charge on any atom is -0.238 e. The number of hydrogen-bond acceptors (Lipinski definition) is 0. The van der Waals surface area contributed by atoms with Crippen LogP contribution in [0.3, 0.4) is 0 Å². The van der Waals surface area contributed by atoms with E-state index in [9.17, 15) is 13.2 Å². The van der Waals surface area contributed by atoms with Gasteiger partial charge in [0.2, 0.25) is 0 Å². The van der Waals surface area contributed by atoms with Gasteiger partial charge in [0.15, 0.2) is 5.67 Å². The number of rotatable bonds is 3. The number of halogens is 3. The van der Waals surface area contributed by atoms with Crippen LogP contribution in [0.15, 0.2) is 0 Å². The van der Waals surface area contributed by atoms with Crippen molar-refractivity contribution >= 4 is 0 Å². The van der Waals surface area contributed by atoms with E-state index >= 15 is 0 Å². The fourth-order valence-corrected chi connectivity index (χ4v) is 0.887. The zero-order valence-corrected chi connectivity index (χ0v) is 6.50. The van der Waals surface area contributed by atoms with Gasteiger partial charge in [-0.25, -0.2) is 13.2 Å². The smallest absolute Gasteiger partial charge is 0.238 e. The molecule has 0 bridgehead atoms. The Morgan fingerprint density at radius 3 is 1.80 bits per heavy atom. The van der Waals surface area contributed by atoms with Crippen LogP contribution in [0.1, 0.15) is 27.2 Å². The van der Waals surface area contributed by atoms with Gasteiger partial charge in [-0.2, -0.15) is 0 Å². The molecule has 0 saturated carbocycles. The molecule has 0 aliphatic rings. The lowest BCUT2D eigenvalue weighted by molar-refractivity contribution is -0.0344. The van der Waals surface area contributed by atoms with Crippen LogP contribution in [0.2, 0.25) is 0 Å². The predicted molar refractivity (Wildman–Crippen MR) is 35.0 cm³/mol. The first-order valence-electron chi connectivity index (χ1n) is 3.33. The SMILES string of the molecule is CC(C)CC(C)(F)C(F)F. The maximum atomic E-state index is 12.7. The lowest BCUT2D eigenvalue weighted by atomic mass is 9.97. The van der Waals surface area contributed by atoms with Crippen LogP contribution in [0.5, 0.6) is 0 Å². The van der Waals surface area contributed by atoms with Crippen molar-refractivity contribution in [3.63, 3.8) is 0 Å². The van der Waals surface area contributed by atoms with Gasteiger partial charge in [-0.3, -0.25) is 0 Å². The molecule has 0 aromatic rings. The Labute approximate surface area is 59.4 Å². The second-order valence-corrected chi connectivity index (χ2v) is 3.18. The topological polar surface area (TPSA) is 0 Å². The molecule has 0 N–H and O–H groups in total. The van der Waals surface area contributed by atoms with Crippen molar-refractivity contribution in [3.8, 4) is 0 Å². The second-order valence-electron chi connectivity index (χ2n) is 3.18. The fraction of sp³-hybridized carbons (Fsp3) is 1.00. The Hall–Kier alpha value is -0.210. The monoisotopic (exact) mass is 154 g/mol. The molecule has 0 spiro atoms. The minimum atomic E-state index is -2.87. The Morgan fingerprint density at radius 1 is 1.30 bits per heavy atom. The molecule has 0 amide bonds. The lowest BCUT2D eigenvalue weighted by Crippen LogP contribution is -2.29. The molecule has 0 aromatic carbocycles. The molecule has 1 atom stereocenters. The molecule has 0 rings (SSSR count). The van der Waals surface area contributed by atoms with Gasteiger partial charge in [0, 0.05) is 0 Å². The van der Waals surface area contributed by atoms with Gasteiger partial charge < -0.3 is 0 Å². The van der Waals surface area contributed by atoms with Crippen molar-refractivity contribution in [3.05, 3.63) is 0 Å². The van der Waals surface area contributed by atoms with Crippen molar-refractivity contribution in [1.29, 1.82) is 0 Å². The maximum absolute atomic E-state index is 12.7. The molecule has 0 fully saturated rings. The first-order valence-corrected chi connectivity index (χ1v) is 3.33. The second kappa shape index (κ2) is 3.26. The van der Waals surface area contributed by atoms with Crippen LogP contribution in [0, 0.1) is 5.92 Å². The van der Waals surface area contributed by atoms with Gasteiger partial charge in [-0.05, 0) is 19.3 Å². The summed E-state index contributed by atoms with van der Waals surface area (Å²) in [5, 5.41) is 0. The average Bonchev–Trinajstić information content (AvgIpc) is 1.60. The van der Waals surface area contributed by atoms with Crippen LogP contribution in [0.4, 0.5) is 13.2 Å². The summed E-state index contributed by atoms with van der Waals surface area (Å²) in [4.78, 5) is 0. The van der Waals surface area contributed by atoms with Gasteiger partial charge >= 0.3 is 0 Å². The highest BCUT2D eigenvalue weighted by atomic mass is 19.3. The van der Waals surface area contributed by atoms with Gasteiger partial charge in [-0.1, -0.05) is 13.8 Å². The van der Waals surface area contributed by atoms with Gasteiger partial charge in [0.1, 0.15) is 0 Å². The molecule has 3 heteroatoms. The van der Waals surface area contributed by atoms with E-state index < -0.39 is 12.1 Å². The van der Waals surface area contributed by atoms with Gasteiger partial charge in [0.25, 0.3) is 6.43 Å². The van der Waals surface area contributed by atoms with E-state index in [0.29, 0.717) is 0 Å². The summed E-state index contributed by atoms with van der Waals surface area (Å²) in [6.45, 7) is 4.39. The van der Waals surface area contributed by atoms with E-state index in [1.54, 1.807) is 13.8 Å². The van der Waals surface area contributed by atoms with E-state index in [1.807, 2.05) is 0 Å². The number of hydrogen-bond donors (Lipinski definition) is 0. The van der Waals surface area contributed by atoms with Crippen molar-refractivity contribution in [2.75, 3.05) is 0 Å². The third kappa shape index (κ3) is 3.08. The van der Waals surface area contributed by atoms with Crippen molar-refractivity contribution in [2.45, 2.75) is 39.3 Å². The Balaban J connectivity index is 3.87. The molecule has 62 valence electrons. The molecule has 0 aromatic heterocycles. The Bertz CT molecular complexity index is 97.0. The summed E-state index contributed by atoms with van der Waals surface area (Å²) in [6.07, 6.45) is -2.94. The third-order valence-corrected chi connectivity index (χ3v) is 1.26. The number of alkyl halides is 3. The summed E-state index contributed by atoms with van der Waals surface area (Å²) in [6, 6.07) is 0. The Kier molecular flexibility index (Phi) is 3.19. The fourth-order valence-electron chi connectivity index (χ4n) is 0.887. The highest BCUT2D eigenvalue weighted by Gasteiger charge is 2.35. The largest absolute Gasteiger partial charge is 0.271 e. The molecule has 1 unspecified atom stereocenters. The summed E-state index contributed by atoms with van der Waals surface area (Å²) in [5.41, 5.74) is -2.31. The Morgan fingerprint density at radius 2 is 1.70 bits per heavy atom. The van der Waals surface area contributed by atoms with Crippen LogP contribution in [-0.2, 0) is 0 Å². The molecule has 0 nitrogen and oxygen atoms in total. The van der Waals surface area contributed by atoms with Crippen LogP contribution in [-0.4, -0.2) is 12.1 Å². The highest BCUT2D eigenvalue weighted by Crippen LogP contribution is 2.27. The average molecular weight is 154 g/mol. The molecule has 0 aliphatic heterocycles. The minimum absolute atomic E-state index is 0.0241. The van der Waals surface area contributed by atoms with Crippen molar-refractivity contribution in [2.24, 2.45) is 5.92 Å². The molecule has 0 heterocycles. The quantitative estimate of drug-likeness (QED) is 0.586. The molecular weight excluding hydrogens is 141 g/mol. The molecule has 10 heavy (non-hydrogen) atoms. The molecule has 0 aliphatic carbocycles. The van der Waals surface area contributed by atoms with E-state index in [2.05, 4.69) is 0 Å². The van der Waals surface area contributed by atoms with E-state index in [-0.39, 0.29) is 12.3 Å². The van der Waals surface area contributed by atoms with Gasteiger partial charge in [-0.15, -0.1) is 0 Å². The maximum Gasteiger partial charge on any atom is 0.271 e. The standard InChI is InChI=1S/C7H13F3/c1-5(2)4-7(3,10)6(8)9/h5-6H,4H2,1-3H3. The van der Waals surface area contributed by atoms with Crippen LogP contribution >= 0.6 is 0 Å². The third-order valence-electron chi connectivity index (χ3n) is 1.26. The first kappa shape index (κ1) is 9.79. The van der Waals surface area contributed by atoms with Gasteiger partial charge in [0.05, 0.1) is 0 Å². The van der Waals surface area contributed by atoms with E-state index in [1.165, 1.54) is 0 Å². The molecular formula is C7H13F3. The zero-order valence-electron chi connectivity index (χ0n) is 6.50. The normalized spacial score (nSPS) is 18.0. The van der Waals surface area contributed by atoms with Crippen LogP contribution < -0.4 is 0 Å². The summed E-state index contributed by atoms with van der Waals surface area (Å²) >= 11 is 0. The van der Waals surface area contributed by atoms with Crippen molar-refractivity contribution in [1.82, 2.24) is 0 Å². The zero-order chi connectivity index (χ0) is 8.36. The van der Waals surface area contributed by atoms with E-state index in [0.717, 1.165) is 6.92 Å². The summed E-state index contributed by atoms with van der Waals surface area (Å²) < 4.78 is 36.3. The van der Waals surface area contributed by atoms with Crippen LogP contribution in [0.25, 0.3) is 0 Å². The van der Waals surface area contributed by atoms with Crippen molar-refractivity contribution < 1.29 is 13.2 Å². The molecule has 0 radical (unpaired) electrons. The highest BCUT2D eigenvalue weighted by molar-refractivity contribution is 4.77. The molecule has 0 saturated heterocycles.